The van der Waals surface area contributed by atoms with Crippen LogP contribution in [-0.4, -0.2) is 5.78 Å². The van der Waals surface area contributed by atoms with Gasteiger partial charge in [-0.3, -0.25) is 4.79 Å². The number of rotatable bonds is 19. The number of allylic oxidation sites excluding steroid dienone is 1. The minimum Gasteiger partial charge on any atom is -0.289 e. The third kappa shape index (κ3) is 11.2. The Morgan fingerprint density at radius 2 is 1.13 bits per heavy atom. The minimum atomic E-state index is 0.0401. The fourth-order valence-corrected chi connectivity index (χ4v) is 5.18. The van der Waals surface area contributed by atoms with Crippen molar-refractivity contribution in [3.05, 3.63) is 102 Å². The molecule has 0 saturated carbocycles. The SMILES string of the molecule is CCCCCCCCCCCCCCCCc1ccc(C=CC(=O)c2ccccc2)cc1-c1ccccc1. The molecule has 0 heterocycles. The molecule has 0 saturated heterocycles. The summed E-state index contributed by atoms with van der Waals surface area (Å²) < 4.78 is 0. The standard InChI is InChI=1S/C37H48O/c1-2-3-4-5-6-7-8-9-10-11-12-13-14-17-24-34-29-27-32(31-36(34)33-22-18-15-19-23-33)28-30-37(38)35-25-20-16-21-26-35/h15-16,18-23,25-31H,2-14,17,24H2,1H3. The Morgan fingerprint density at radius 3 is 1.71 bits per heavy atom. The van der Waals surface area contributed by atoms with Crippen molar-refractivity contribution in [1.82, 2.24) is 0 Å². The molecule has 0 radical (unpaired) electrons. The molecule has 0 amide bonds. The Labute approximate surface area is 232 Å². The van der Waals surface area contributed by atoms with Gasteiger partial charge in [-0.25, -0.2) is 0 Å². The second-order valence-corrected chi connectivity index (χ2v) is 10.7. The molecule has 202 valence electrons. The monoisotopic (exact) mass is 508 g/mol. The smallest absolute Gasteiger partial charge is 0.185 e. The maximum absolute atomic E-state index is 12.5. The second-order valence-electron chi connectivity index (χ2n) is 10.7. The molecule has 3 aromatic carbocycles. The van der Waals surface area contributed by atoms with E-state index in [2.05, 4.69) is 55.5 Å². The highest BCUT2D eigenvalue weighted by atomic mass is 16.1. The lowest BCUT2D eigenvalue weighted by Crippen LogP contribution is -1.94. The van der Waals surface area contributed by atoms with Crippen molar-refractivity contribution in [3.63, 3.8) is 0 Å². The van der Waals surface area contributed by atoms with Gasteiger partial charge in [-0.1, -0.05) is 169 Å². The molecule has 0 aliphatic rings. The molecule has 0 bridgehead atoms. The summed E-state index contributed by atoms with van der Waals surface area (Å²) in [6.07, 6.45) is 24.2. The number of carbonyl (C=O) groups is 1. The van der Waals surface area contributed by atoms with Crippen LogP contribution in [0.2, 0.25) is 0 Å². The summed E-state index contributed by atoms with van der Waals surface area (Å²) in [7, 11) is 0. The number of hydrogen-bond donors (Lipinski definition) is 0. The quantitative estimate of drug-likeness (QED) is 0.0893. The van der Waals surface area contributed by atoms with E-state index < -0.39 is 0 Å². The molecule has 1 nitrogen and oxygen atoms in total. The van der Waals surface area contributed by atoms with E-state index in [0.717, 1.165) is 17.5 Å². The first kappa shape index (κ1) is 29.6. The Hall–Kier alpha value is -2.93. The van der Waals surface area contributed by atoms with Gasteiger partial charge in [0.2, 0.25) is 0 Å². The van der Waals surface area contributed by atoms with Crippen molar-refractivity contribution in [3.8, 4) is 11.1 Å². The van der Waals surface area contributed by atoms with E-state index in [1.165, 1.54) is 107 Å². The first-order valence-corrected chi connectivity index (χ1v) is 15.2. The van der Waals surface area contributed by atoms with Gasteiger partial charge in [0.1, 0.15) is 0 Å². The molecular weight excluding hydrogens is 460 g/mol. The highest BCUT2D eigenvalue weighted by Crippen LogP contribution is 2.27. The van der Waals surface area contributed by atoms with Crippen molar-refractivity contribution >= 4 is 11.9 Å². The Kier molecular flexibility index (Phi) is 14.3. The zero-order valence-corrected chi connectivity index (χ0v) is 23.7. The predicted molar refractivity (Wildman–Crippen MR) is 166 cm³/mol. The average Bonchev–Trinajstić information content (AvgIpc) is 2.97. The van der Waals surface area contributed by atoms with Gasteiger partial charge in [0.15, 0.2) is 5.78 Å². The first-order chi connectivity index (χ1) is 18.8. The van der Waals surface area contributed by atoms with Gasteiger partial charge < -0.3 is 0 Å². The van der Waals surface area contributed by atoms with E-state index in [1.807, 2.05) is 36.4 Å². The Balaban J connectivity index is 1.42. The number of ketones is 1. The maximum atomic E-state index is 12.5. The van der Waals surface area contributed by atoms with E-state index in [1.54, 1.807) is 6.08 Å². The molecule has 0 aliphatic carbocycles. The molecule has 0 atom stereocenters. The van der Waals surface area contributed by atoms with Gasteiger partial charge in [-0.05, 0) is 47.2 Å². The molecular formula is C37H48O. The third-order valence-electron chi connectivity index (χ3n) is 7.50. The van der Waals surface area contributed by atoms with Crippen molar-refractivity contribution in [2.45, 2.75) is 103 Å². The van der Waals surface area contributed by atoms with Gasteiger partial charge >= 0.3 is 0 Å². The first-order valence-electron chi connectivity index (χ1n) is 15.2. The van der Waals surface area contributed by atoms with Crippen molar-refractivity contribution in [2.24, 2.45) is 0 Å². The summed E-state index contributed by atoms with van der Waals surface area (Å²) in [5.74, 6) is 0.0401. The molecule has 0 fully saturated rings. The summed E-state index contributed by atoms with van der Waals surface area (Å²) in [5.41, 5.74) is 5.73. The van der Waals surface area contributed by atoms with Crippen LogP contribution in [0, 0.1) is 0 Å². The number of aryl methyl sites for hydroxylation is 1. The molecule has 0 aromatic heterocycles. The molecule has 3 rings (SSSR count). The van der Waals surface area contributed by atoms with Crippen molar-refractivity contribution in [1.29, 1.82) is 0 Å². The molecule has 3 aromatic rings. The minimum absolute atomic E-state index is 0.0401. The molecule has 0 spiro atoms. The highest BCUT2D eigenvalue weighted by Gasteiger charge is 2.07. The van der Waals surface area contributed by atoms with Crippen LogP contribution in [-0.2, 0) is 6.42 Å². The molecule has 0 N–H and O–H groups in total. The Morgan fingerprint density at radius 1 is 0.605 bits per heavy atom. The summed E-state index contributed by atoms with van der Waals surface area (Å²) in [6.45, 7) is 2.29. The summed E-state index contributed by atoms with van der Waals surface area (Å²) in [5, 5.41) is 0. The molecule has 0 aliphatic heterocycles. The van der Waals surface area contributed by atoms with E-state index in [9.17, 15) is 4.79 Å². The lowest BCUT2D eigenvalue weighted by Gasteiger charge is -2.12. The largest absolute Gasteiger partial charge is 0.289 e. The zero-order valence-electron chi connectivity index (χ0n) is 23.7. The van der Waals surface area contributed by atoms with Crippen LogP contribution >= 0.6 is 0 Å². The molecule has 38 heavy (non-hydrogen) atoms. The molecule has 1 heteroatoms. The van der Waals surface area contributed by atoms with Crippen LogP contribution in [0.3, 0.4) is 0 Å². The number of carbonyl (C=O) groups excluding carboxylic acids is 1. The fraction of sp³-hybridized carbons (Fsp3) is 0.432. The second kappa shape index (κ2) is 18.3. The van der Waals surface area contributed by atoms with Gasteiger partial charge in [0, 0.05) is 5.56 Å². The van der Waals surface area contributed by atoms with Crippen LogP contribution < -0.4 is 0 Å². The number of hydrogen-bond acceptors (Lipinski definition) is 1. The van der Waals surface area contributed by atoms with Crippen molar-refractivity contribution < 1.29 is 4.79 Å². The summed E-state index contributed by atoms with van der Waals surface area (Å²) in [4.78, 5) is 12.5. The topological polar surface area (TPSA) is 17.1 Å². The number of benzene rings is 3. The predicted octanol–water partition coefficient (Wildman–Crippen LogP) is 11.3. The lowest BCUT2D eigenvalue weighted by molar-refractivity contribution is 0.104. The normalized spacial score (nSPS) is 11.3. The van der Waals surface area contributed by atoms with E-state index in [0.29, 0.717) is 0 Å². The van der Waals surface area contributed by atoms with Crippen molar-refractivity contribution in [2.75, 3.05) is 0 Å². The van der Waals surface area contributed by atoms with Gasteiger partial charge in [0.05, 0.1) is 0 Å². The Bertz CT molecular complexity index is 1060. The van der Waals surface area contributed by atoms with E-state index >= 15 is 0 Å². The summed E-state index contributed by atoms with van der Waals surface area (Å²) in [6, 6.07) is 26.8. The van der Waals surface area contributed by atoms with Gasteiger partial charge in [-0.2, -0.15) is 0 Å². The van der Waals surface area contributed by atoms with Crippen LogP contribution in [0.4, 0.5) is 0 Å². The highest BCUT2D eigenvalue weighted by molar-refractivity contribution is 6.06. The van der Waals surface area contributed by atoms with E-state index in [-0.39, 0.29) is 5.78 Å². The maximum Gasteiger partial charge on any atom is 0.185 e. The van der Waals surface area contributed by atoms with Gasteiger partial charge in [-0.15, -0.1) is 0 Å². The average molecular weight is 509 g/mol. The molecule has 0 unspecified atom stereocenters. The summed E-state index contributed by atoms with van der Waals surface area (Å²) >= 11 is 0. The van der Waals surface area contributed by atoms with Crippen LogP contribution in [0.15, 0.2) is 84.9 Å². The lowest BCUT2D eigenvalue weighted by atomic mass is 9.93. The zero-order chi connectivity index (χ0) is 26.7. The van der Waals surface area contributed by atoms with E-state index in [4.69, 9.17) is 0 Å². The van der Waals surface area contributed by atoms with Crippen LogP contribution in [0.1, 0.15) is 118 Å². The number of unbranched alkanes of at least 4 members (excludes halogenated alkanes) is 13. The fourth-order valence-electron chi connectivity index (χ4n) is 5.18. The van der Waals surface area contributed by atoms with Crippen LogP contribution in [0.5, 0.6) is 0 Å². The van der Waals surface area contributed by atoms with Gasteiger partial charge in [0.25, 0.3) is 0 Å². The third-order valence-corrected chi connectivity index (χ3v) is 7.50. The van der Waals surface area contributed by atoms with Crippen LogP contribution in [0.25, 0.3) is 17.2 Å².